The molecule has 0 atom stereocenters. The highest BCUT2D eigenvalue weighted by Crippen LogP contribution is 2.18. The summed E-state index contributed by atoms with van der Waals surface area (Å²) in [6, 6.07) is 9.43. The number of carbonyl (C=O) groups is 2. The standard InChI is InChI=1S/C19H17ClF2N2O2/c20-13-3-1-2-12(10-13)19(26)24-8-6-15(7-9-24)23-18(25)16-5-4-14(21)11-17(16)22/h1-5,10-11,15H,6-9H2,(H,23,25). The Kier molecular flexibility index (Phi) is 5.52. The van der Waals surface area contributed by atoms with Crippen molar-refractivity contribution in [3.05, 3.63) is 70.2 Å². The Bertz CT molecular complexity index is 836. The van der Waals surface area contributed by atoms with Crippen molar-refractivity contribution in [3.8, 4) is 0 Å². The second kappa shape index (κ2) is 7.83. The van der Waals surface area contributed by atoms with Crippen LogP contribution in [0.5, 0.6) is 0 Å². The first kappa shape index (κ1) is 18.3. The third-order valence-corrected chi connectivity index (χ3v) is 4.60. The molecule has 1 saturated heterocycles. The van der Waals surface area contributed by atoms with E-state index < -0.39 is 17.5 Å². The number of hydrogen-bond donors (Lipinski definition) is 1. The lowest BCUT2D eigenvalue weighted by atomic mass is 10.0. The highest BCUT2D eigenvalue weighted by atomic mass is 35.5. The summed E-state index contributed by atoms with van der Waals surface area (Å²) in [6.07, 6.45) is 1.11. The fourth-order valence-electron chi connectivity index (χ4n) is 2.97. The lowest BCUT2D eigenvalue weighted by molar-refractivity contribution is 0.0698. The molecule has 1 fully saturated rings. The average molecular weight is 379 g/mol. The Hall–Kier alpha value is -2.47. The Balaban J connectivity index is 1.57. The van der Waals surface area contributed by atoms with Gasteiger partial charge in [-0.1, -0.05) is 17.7 Å². The van der Waals surface area contributed by atoms with E-state index in [1.807, 2.05) is 0 Å². The van der Waals surface area contributed by atoms with Gasteiger partial charge in [0.2, 0.25) is 0 Å². The van der Waals surface area contributed by atoms with Crippen molar-refractivity contribution in [2.24, 2.45) is 0 Å². The van der Waals surface area contributed by atoms with E-state index in [9.17, 15) is 18.4 Å². The monoisotopic (exact) mass is 378 g/mol. The molecule has 2 amide bonds. The van der Waals surface area contributed by atoms with Gasteiger partial charge in [0.15, 0.2) is 0 Å². The zero-order chi connectivity index (χ0) is 18.7. The molecule has 2 aromatic carbocycles. The Morgan fingerprint density at radius 2 is 1.81 bits per heavy atom. The predicted molar refractivity (Wildman–Crippen MR) is 94.2 cm³/mol. The van der Waals surface area contributed by atoms with Crippen LogP contribution in [0.4, 0.5) is 8.78 Å². The number of amides is 2. The molecule has 0 unspecified atom stereocenters. The molecule has 0 spiro atoms. The second-order valence-electron chi connectivity index (χ2n) is 6.17. The van der Waals surface area contributed by atoms with Crippen LogP contribution < -0.4 is 5.32 Å². The summed E-state index contributed by atoms with van der Waals surface area (Å²) < 4.78 is 26.6. The van der Waals surface area contributed by atoms with Crippen molar-refractivity contribution >= 4 is 23.4 Å². The number of nitrogens with zero attached hydrogens (tertiary/aromatic N) is 1. The van der Waals surface area contributed by atoms with Crippen molar-refractivity contribution < 1.29 is 18.4 Å². The Morgan fingerprint density at radius 3 is 2.46 bits per heavy atom. The molecule has 0 aromatic heterocycles. The van der Waals surface area contributed by atoms with E-state index >= 15 is 0 Å². The molecular formula is C19H17ClF2N2O2. The molecule has 1 heterocycles. The van der Waals surface area contributed by atoms with E-state index in [0.717, 1.165) is 12.1 Å². The topological polar surface area (TPSA) is 49.4 Å². The fraction of sp³-hybridized carbons (Fsp3) is 0.263. The zero-order valence-electron chi connectivity index (χ0n) is 13.8. The summed E-state index contributed by atoms with van der Waals surface area (Å²) in [5.41, 5.74) is 0.331. The highest BCUT2D eigenvalue weighted by Gasteiger charge is 2.25. The second-order valence-corrected chi connectivity index (χ2v) is 6.61. The summed E-state index contributed by atoms with van der Waals surface area (Å²) in [4.78, 5) is 26.3. The molecule has 2 aromatic rings. The van der Waals surface area contributed by atoms with Crippen LogP contribution in [0.25, 0.3) is 0 Å². The first-order valence-corrected chi connectivity index (χ1v) is 8.62. The molecule has 0 radical (unpaired) electrons. The number of carbonyl (C=O) groups excluding carboxylic acids is 2. The predicted octanol–water partition coefficient (Wildman–Crippen LogP) is 3.65. The van der Waals surface area contributed by atoms with Gasteiger partial charge in [0.05, 0.1) is 5.56 Å². The number of hydrogen-bond acceptors (Lipinski definition) is 2. The normalized spacial score (nSPS) is 15.0. The van der Waals surface area contributed by atoms with Crippen molar-refractivity contribution in [2.45, 2.75) is 18.9 Å². The van der Waals surface area contributed by atoms with Crippen LogP contribution in [-0.4, -0.2) is 35.8 Å². The molecule has 1 N–H and O–H groups in total. The summed E-state index contributed by atoms with van der Waals surface area (Å²) in [5.74, 6) is -2.31. The lowest BCUT2D eigenvalue weighted by Crippen LogP contribution is -2.46. The molecule has 1 aliphatic rings. The average Bonchev–Trinajstić information content (AvgIpc) is 2.61. The molecule has 1 aliphatic heterocycles. The number of likely N-dealkylation sites (tertiary alicyclic amines) is 1. The van der Waals surface area contributed by atoms with Crippen LogP contribution in [0.2, 0.25) is 5.02 Å². The minimum Gasteiger partial charge on any atom is -0.349 e. The van der Waals surface area contributed by atoms with Gasteiger partial charge < -0.3 is 10.2 Å². The summed E-state index contributed by atoms with van der Waals surface area (Å²) >= 11 is 5.92. The van der Waals surface area contributed by atoms with Crippen LogP contribution in [0, 0.1) is 11.6 Å². The maximum absolute atomic E-state index is 13.7. The zero-order valence-corrected chi connectivity index (χ0v) is 14.6. The third kappa shape index (κ3) is 4.19. The number of benzene rings is 2. The van der Waals surface area contributed by atoms with E-state index in [4.69, 9.17) is 11.6 Å². The quantitative estimate of drug-likeness (QED) is 0.886. The molecule has 3 rings (SSSR count). The Morgan fingerprint density at radius 1 is 1.08 bits per heavy atom. The molecule has 26 heavy (non-hydrogen) atoms. The fourth-order valence-corrected chi connectivity index (χ4v) is 3.16. The number of nitrogens with one attached hydrogen (secondary N) is 1. The van der Waals surface area contributed by atoms with Crippen molar-refractivity contribution in [1.82, 2.24) is 10.2 Å². The van der Waals surface area contributed by atoms with E-state index in [-0.39, 0.29) is 17.5 Å². The largest absolute Gasteiger partial charge is 0.349 e. The van der Waals surface area contributed by atoms with Gasteiger partial charge in [-0.15, -0.1) is 0 Å². The maximum atomic E-state index is 13.7. The van der Waals surface area contributed by atoms with Gasteiger partial charge in [0.1, 0.15) is 11.6 Å². The van der Waals surface area contributed by atoms with Gasteiger partial charge >= 0.3 is 0 Å². The lowest BCUT2D eigenvalue weighted by Gasteiger charge is -2.32. The van der Waals surface area contributed by atoms with E-state index in [0.29, 0.717) is 42.6 Å². The summed E-state index contributed by atoms with van der Waals surface area (Å²) in [6.45, 7) is 0.949. The van der Waals surface area contributed by atoms with Gasteiger partial charge in [0, 0.05) is 35.8 Å². The van der Waals surface area contributed by atoms with Gasteiger partial charge in [-0.3, -0.25) is 9.59 Å². The van der Waals surface area contributed by atoms with Gasteiger partial charge in [0.25, 0.3) is 11.8 Å². The van der Waals surface area contributed by atoms with Crippen molar-refractivity contribution in [1.29, 1.82) is 0 Å². The third-order valence-electron chi connectivity index (χ3n) is 4.36. The minimum atomic E-state index is -0.893. The molecule has 136 valence electrons. The Labute approximate surface area is 154 Å². The molecule has 4 nitrogen and oxygen atoms in total. The molecular weight excluding hydrogens is 362 g/mol. The maximum Gasteiger partial charge on any atom is 0.254 e. The van der Waals surface area contributed by atoms with Crippen LogP contribution in [0.15, 0.2) is 42.5 Å². The van der Waals surface area contributed by atoms with Gasteiger partial charge in [-0.2, -0.15) is 0 Å². The SMILES string of the molecule is O=C(NC1CCN(C(=O)c2cccc(Cl)c2)CC1)c1ccc(F)cc1F. The van der Waals surface area contributed by atoms with Crippen LogP contribution in [-0.2, 0) is 0 Å². The van der Waals surface area contributed by atoms with Crippen LogP contribution >= 0.6 is 11.6 Å². The van der Waals surface area contributed by atoms with E-state index in [1.54, 1.807) is 29.2 Å². The van der Waals surface area contributed by atoms with Crippen molar-refractivity contribution in [2.75, 3.05) is 13.1 Å². The van der Waals surface area contributed by atoms with E-state index in [2.05, 4.69) is 5.32 Å². The molecule has 0 aliphatic carbocycles. The number of halogens is 3. The van der Waals surface area contributed by atoms with Gasteiger partial charge in [-0.25, -0.2) is 8.78 Å². The first-order chi connectivity index (χ1) is 12.4. The highest BCUT2D eigenvalue weighted by molar-refractivity contribution is 6.30. The molecule has 0 bridgehead atoms. The van der Waals surface area contributed by atoms with Crippen molar-refractivity contribution in [3.63, 3.8) is 0 Å². The number of piperidine rings is 1. The summed E-state index contributed by atoms with van der Waals surface area (Å²) in [5, 5.41) is 3.24. The number of rotatable bonds is 3. The van der Waals surface area contributed by atoms with Gasteiger partial charge in [-0.05, 0) is 43.2 Å². The molecule has 7 heteroatoms. The first-order valence-electron chi connectivity index (χ1n) is 8.25. The van der Waals surface area contributed by atoms with Crippen LogP contribution in [0.1, 0.15) is 33.6 Å². The van der Waals surface area contributed by atoms with E-state index in [1.165, 1.54) is 0 Å². The smallest absolute Gasteiger partial charge is 0.254 e. The minimum absolute atomic E-state index is 0.109. The molecule has 0 saturated carbocycles. The summed E-state index contributed by atoms with van der Waals surface area (Å²) in [7, 11) is 0. The van der Waals surface area contributed by atoms with Crippen LogP contribution in [0.3, 0.4) is 0 Å².